The van der Waals surface area contributed by atoms with Crippen LogP contribution in [-0.2, 0) is 6.42 Å². The summed E-state index contributed by atoms with van der Waals surface area (Å²) < 4.78 is 10.5. The molecule has 0 spiro atoms. The predicted molar refractivity (Wildman–Crippen MR) is 73.8 cm³/mol. The molecule has 0 saturated carbocycles. The molecule has 0 fully saturated rings. The van der Waals surface area contributed by atoms with E-state index in [1.807, 2.05) is 18.2 Å². The van der Waals surface area contributed by atoms with E-state index in [9.17, 15) is 0 Å². The van der Waals surface area contributed by atoms with Gasteiger partial charge in [0.1, 0.15) is 11.5 Å². The summed E-state index contributed by atoms with van der Waals surface area (Å²) >= 11 is 4.92. The first-order valence-corrected chi connectivity index (χ1v) is 5.96. The lowest BCUT2D eigenvalue weighted by Crippen LogP contribution is -2.14. The van der Waals surface area contributed by atoms with Crippen molar-refractivity contribution < 1.29 is 9.47 Å². The molecule has 0 radical (unpaired) electrons. The molecule has 17 heavy (non-hydrogen) atoms. The number of rotatable bonds is 6. The van der Waals surface area contributed by atoms with E-state index in [4.69, 9.17) is 27.4 Å². The zero-order valence-corrected chi connectivity index (χ0v) is 11.3. The molecule has 4 heteroatoms. The van der Waals surface area contributed by atoms with Crippen LogP contribution in [0.4, 0.5) is 0 Å². The van der Waals surface area contributed by atoms with Crippen molar-refractivity contribution in [3.05, 3.63) is 23.8 Å². The lowest BCUT2D eigenvalue weighted by atomic mass is 9.97. The summed E-state index contributed by atoms with van der Waals surface area (Å²) in [6.07, 6.45) is 1.62. The Morgan fingerprint density at radius 1 is 1.35 bits per heavy atom. The highest BCUT2D eigenvalue weighted by Crippen LogP contribution is 2.27. The minimum absolute atomic E-state index is 0.397. The van der Waals surface area contributed by atoms with Gasteiger partial charge in [0.2, 0.25) is 0 Å². The summed E-state index contributed by atoms with van der Waals surface area (Å²) in [6.45, 7) is 2.12. The van der Waals surface area contributed by atoms with Crippen molar-refractivity contribution >= 4 is 17.2 Å². The third-order valence-electron chi connectivity index (χ3n) is 2.61. The van der Waals surface area contributed by atoms with Crippen LogP contribution in [0.25, 0.3) is 0 Å². The molecule has 1 aromatic carbocycles. The topological polar surface area (TPSA) is 44.5 Å². The van der Waals surface area contributed by atoms with Crippen molar-refractivity contribution in [1.29, 1.82) is 0 Å². The Morgan fingerprint density at radius 3 is 2.59 bits per heavy atom. The van der Waals surface area contributed by atoms with Crippen LogP contribution in [0, 0.1) is 5.92 Å². The average Bonchev–Trinajstić information content (AvgIpc) is 2.27. The van der Waals surface area contributed by atoms with E-state index in [-0.39, 0.29) is 0 Å². The van der Waals surface area contributed by atoms with Gasteiger partial charge >= 0.3 is 0 Å². The summed E-state index contributed by atoms with van der Waals surface area (Å²) in [4.78, 5) is 0.555. The average molecular weight is 253 g/mol. The van der Waals surface area contributed by atoms with E-state index in [1.165, 1.54) is 0 Å². The number of nitrogens with two attached hydrogens (primary N) is 1. The van der Waals surface area contributed by atoms with Crippen molar-refractivity contribution in [3.8, 4) is 11.5 Å². The summed E-state index contributed by atoms with van der Waals surface area (Å²) in [7, 11) is 3.33. The zero-order chi connectivity index (χ0) is 12.8. The molecule has 1 atom stereocenters. The minimum atomic E-state index is 0.397. The monoisotopic (exact) mass is 253 g/mol. The fourth-order valence-electron chi connectivity index (χ4n) is 1.83. The Hall–Kier alpha value is -1.29. The highest BCUT2D eigenvalue weighted by molar-refractivity contribution is 7.80. The van der Waals surface area contributed by atoms with Gasteiger partial charge in [-0.15, -0.1) is 0 Å². The normalized spacial score (nSPS) is 11.9. The van der Waals surface area contributed by atoms with Crippen molar-refractivity contribution in [3.63, 3.8) is 0 Å². The molecule has 2 N–H and O–H groups in total. The van der Waals surface area contributed by atoms with Gasteiger partial charge in [-0.3, -0.25) is 0 Å². The summed E-state index contributed by atoms with van der Waals surface area (Å²) in [5.74, 6) is 2.11. The standard InChI is InChI=1S/C13H19NO2S/c1-9(7-13(14)17)6-10-8-11(15-2)4-5-12(10)16-3/h4-5,8-9H,6-7H2,1-3H3,(H2,14,17). The van der Waals surface area contributed by atoms with Crippen LogP contribution < -0.4 is 15.2 Å². The molecule has 0 aliphatic heterocycles. The van der Waals surface area contributed by atoms with Crippen LogP contribution in [0.2, 0.25) is 0 Å². The molecule has 0 aliphatic rings. The second kappa shape index (κ2) is 6.45. The Labute approximate surface area is 108 Å². The third kappa shape index (κ3) is 4.23. The van der Waals surface area contributed by atoms with Gasteiger partial charge in [0.05, 0.1) is 19.2 Å². The van der Waals surface area contributed by atoms with E-state index < -0.39 is 0 Å². The predicted octanol–water partition coefficient (Wildman–Crippen LogP) is 2.56. The quantitative estimate of drug-likeness (QED) is 0.791. The van der Waals surface area contributed by atoms with Crippen LogP contribution >= 0.6 is 12.2 Å². The number of benzene rings is 1. The van der Waals surface area contributed by atoms with E-state index in [0.717, 1.165) is 29.9 Å². The number of hydrogen-bond acceptors (Lipinski definition) is 3. The van der Waals surface area contributed by atoms with Crippen molar-refractivity contribution in [2.45, 2.75) is 19.8 Å². The molecule has 1 rings (SSSR count). The second-order valence-corrected chi connectivity index (χ2v) is 4.68. The number of thiocarbonyl (C=S) groups is 1. The lowest BCUT2D eigenvalue weighted by Gasteiger charge is -2.14. The van der Waals surface area contributed by atoms with Gasteiger partial charge in [-0.1, -0.05) is 19.1 Å². The summed E-state index contributed by atoms with van der Waals surface area (Å²) in [6, 6.07) is 5.80. The van der Waals surface area contributed by atoms with E-state index in [2.05, 4.69) is 6.92 Å². The SMILES string of the molecule is COc1ccc(OC)c(CC(C)CC(N)=S)c1. The van der Waals surface area contributed by atoms with E-state index in [1.54, 1.807) is 14.2 Å². The molecule has 0 amide bonds. The first-order valence-electron chi connectivity index (χ1n) is 5.56. The van der Waals surface area contributed by atoms with Crippen LogP contribution in [0.15, 0.2) is 18.2 Å². The molecule has 0 bridgehead atoms. The zero-order valence-electron chi connectivity index (χ0n) is 10.5. The maximum Gasteiger partial charge on any atom is 0.122 e. The van der Waals surface area contributed by atoms with Gasteiger partial charge < -0.3 is 15.2 Å². The molecule has 0 aromatic heterocycles. The highest BCUT2D eigenvalue weighted by atomic mass is 32.1. The fourth-order valence-corrected chi connectivity index (χ4v) is 2.12. The van der Waals surface area contributed by atoms with Gasteiger partial charge in [-0.25, -0.2) is 0 Å². The Morgan fingerprint density at radius 2 is 2.06 bits per heavy atom. The molecular formula is C13H19NO2S. The van der Waals surface area contributed by atoms with Gasteiger partial charge in [-0.05, 0) is 36.1 Å². The summed E-state index contributed by atoms with van der Waals surface area (Å²) in [5.41, 5.74) is 6.67. The number of methoxy groups -OCH3 is 2. The molecule has 1 aromatic rings. The van der Waals surface area contributed by atoms with Gasteiger partial charge in [0.15, 0.2) is 0 Å². The lowest BCUT2D eigenvalue weighted by molar-refractivity contribution is 0.395. The van der Waals surface area contributed by atoms with Crippen molar-refractivity contribution in [1.82, 2.24) is 0 Å². The van der Waals surface area contributed by atoms with Gasteiger partial charge in [-0.2, -0.15) is 0 Å². The molecule has 0 heterocycles. The van der Waals surface area contributed by atoms with E-state index >= 15 is 0 Å². The first kappa shape index (κ1) is 13.8. The van der Waals surface area contributed by atoms with Crippen LogP contribution in [0.5, 0.6) is 11.5 Å². The minimum Gasteiger partial charge on any atom is -0.497 e. The largest absolute Gasteiger partial charge is 0.497 e. The van der Waals surface area contributed by atoms with Crippen molar-refractivity contribution in [2.75, 3.05) is 14.2 Å². The van der Waals surface area contributed by atoms with Crippen LogP contribution in [0.1, 0.15) is 18.9 Å². The van der Waals surface area contributed by atoms with Gasteiger partial charge in [0, 0.05) is 6.42 Å². The van der Waals surface area contributed by atoms with Crippen LogP contribution in [0.3, 0.4) is 0 Å². The molecule has 0 saturated heterocycles. The first-order chi connectivity index (χ1) is 8.06. The number of hydrogen-bond donors (Lipinski definition) is 1. The second-order valence-electron chi connectivity index (χ2n) is 4.16. The maximum atomic E-state index is 5.55. The Balaban J connectivity index is 2.83. The van der Waals surface area contributed by atoms with E-state index in [0.29, 0.717) is 10.9 Å². The smallest absolute Gasteiger partial charge is 0.122 e. The maximum absolute atomic E-state index is 5.55. The Bertz CT molecular complexity index is 393. The number of ether oxygens (including phenoxy) is 2. The highest BCUT2D eigenvalue weighted by Gasteiger charge is 2.10. The molecule has 0 aliphatic carbocycles. The molecule has 3 nitrogen and oxygen atoms in total. The third-order valence-corrected chi connectivity index (χ3v) is 2.77. The molecule has 94 valence electrons. The molecular weight excluding hydrogens is 234 g/mol. The van der Waals surface area contributed by atoms with Crippen molar-refractivity contribution in [2.24, 2.45) is 11.7 Å². The van der Waals surface area contributed by atoms with Crippen LogP contribution in [-0.4, -0.2) is 19.2 Å². The van der Waals surface area contributed by atoms with Gasteiger partial charge in [0.25, 0.3) is 0 Å². The molecule has 1 unspecified atom stereocenters. The summed E-state index contributed by atoms with van der Waals surface area (Å²) in [5, 5.41) is 0. The Kier molecular flexibility index (Phi) is 5.22. The fraction of sp³-hybridized carbons (Fsp3) is 0.462.